The second-order valence-electron chi connectivity index (χ2n) is 8.39. The van der Waals surface area contributed by atoms with Crippen LogP contribution in [0.1, 0.15) is 90.4 Å². The second-order valence-corrected chi connectivity index (χ2v) is 8.39. The summed E-state index contributed by atoms with van der Waals surface area (Å²) in [7, 11) is 0. The van der Waals surface area contributed by atoms with E-state index in [9.17, 15) is 5.11 Å². The molecule has 3 aliphatic rings. The number of aliphatic hydroxyl groups excluding tert-OH is 1. The van der Waals surface area contributed by atoms with Crippen LogP contribution in [0.25, 0.3) is 0 Å². The molecule has 3 rings (SSSR count). The molecule has 0 radical (unpaired) electrons. The fraction of sp³-hybridized carbons (Fsp3) is 0.905. The topological polar surface area (TPSA) is 20.2 Å². The van der Waals surface area contributed by atoms with Gasteiger partial charge in [-0.2, -0.15) is 0 Å². The van der Waals surface area contributed by atoms with Crippen LogP contribution in [0.3, 0.4) is 0 Å². The van der Waals surface area contributed by atoms with Crippen molar-refractivity contribution in [3.05, 3.63) is 11.6 Å². The molecule has 0 aromatic heterocycles. The highest BCUT2D eigenvalue weighted by atomic mass is 16.3. The van der Waals surface area contributed by atoms with E-state index in [1.165, 1.54) is 77.0 Å². The molecule has 0 amide bonds. The SMILES string of the molecule is CCCCCC1CCC(C2CCC3=CC(O)CCC3C2)CC1. The summed E-state index contributed by atoms with van der Waals surface area (Å²) in [4.78, 5) is 0. The molecule has 126 valence electrons. The van der Waals surface area contributed by atoms with Crippen LogP contribution < -0.4 is 0 Å². The summed E-state index contributed by atoms with van der Waals surface area (Å²) in [6, 6.07) is 0. The van der Waals surface area contributed by atoms with Crippen molar-refractivity contribution in [3.8, 4) is 0 Å². The number of hydrogen-bond donors (Lipinski definition) is 1. The molecule has 0 heterocycles. The van der Waals surface area contributed by atoms with Crippen LogP contribution in [-0.2, 0) is 0 Å². The van der Waals surface area contributed by atoms with Crippen LogP contribution in [-0.4, -0.2) is 11.2 Å². The fourth-order valence-electron chi connectivity index (χ4n) is 5.48. The quantitative estimate of drug-likeness (QED) is 0.497. The lowest BCUT2D eigenvalue weighted by Crippen LogP contribution is -2.30. The Labute approximate surface area is 137 Å². The van der Waals surface area contributed by atoms with Gasteiger partial charge >= 0.3 is 0 Å². The predicted molar refractivity (Wildman–Crippen MR) is 93.7 cm³/mol. The van der Waals surface area contributed by atoms with Gasteiger partial charge in [-0.25, -0.2) is 0 Å². The second kappa shape index (κ2) is 7.99. The monoisotopic (exact) mass is 304 g/mol. The third-order valence-electron chi connectivity index (χ3n) is 6.91. The van der Waals surface area contributed by atoms with Gasteiger partial charge in [0.05, 0.1) is 6.10 Å². The molecule has 2 fully saturated rings. The number of allylic oxidation sites excluding steroid dienone is 1. The Morgan fingerprint density at radius 3 is 2.55 bits per heavy atom. The standard InChI is InChI=1S/C21H36O/c1-2-3-4-5-16-6-8-17(9-7-16)18-10-11-20-15-21(22)13-12-19(20)14-18/h15-19,21-22H,2-14H2,1H3. The number of fused-ring (bicyclic) bond motifs is 1. The maximum atomic E-state index is 9.80. The van der Waals surface area contributed by atoms with Crippen LogP contribution in [0.2, 0.25) is 0 Å². The summed E-state index contributed by atoms with van der Waals surface area (Å²) < 4.78 is 0. The van der Waals surface area contributed by atoms with Crippen LogP contribution in [0.15, 0.2) is 11.6 Å². The van der Waals surface area contributed by atoms with E-state index in [-0.39, 0.29) is 6.10 Å². The van der Waals surface area contributed by atoms with Gasteiger partial charge in [0.2, 0.25) is 0 Å². The fourth-order valence-corrected chi connectivity index (χ4v) is 5.48. The van der Waals surface area contributed by atoms with Gasteiger partial charge in [0.15, 0.2) is 0 Å². The first-order chi connectivity index (χ1) is 10.8. The highest BCUT2D eigenvalue weighted by Crippen LogP contribution is 2.46. The lowest BCUT2D eigenvalue weighted by Gasteiger charge is -2.41. The molecular formula is C21H36O. The Bertz CT molecular complexity index is 364. The third kappa shape index (κ3) is 4.16. The first kappa shape index (κ1) is 16.6. The maximum absolute atomic E-state index is 9.80. The van der Waals surface area contributed by atoms with Crippen LogP contribution in [0, 0.1) is 23.7 Å². The minimum atomic E-state index is -0.138. The summed E-state index contributed by atoms with van der Waals surface area (Å²) in [5.74, 6) is 3.89. The first-order valence-corrected chi connectivity index (χ1v) is 10.1. The van der Waals surface area contributed by atoms with E-state index >= 15 is 0 Å². The smallest absolute Gasteiger partial charge is 0.0723 e. The van der Waals surface area contributed by atoms with Gasteiger partial charge in [0.25, 0.3) is 0 Å². The minimum Gasteiger partial charge on any atom is -0.389 e. The summed E-state index contributed by atoms with van der Waals surface area (Å²) in [5, 5.41) is 9.80. The van der Waals surface area contributed by atoms with Crippen molar-refractivity contribution in [1.29, 1.82) is 0 Å². The zero-order valence-electron chi connectivity index (χ0n) is 14.6. The Morgan fingerprint density at radius 1 is 0.955 bits per heavy atom. The molecule has 1 nitrogen and oxygen atoms in total. The average molecular weight is 305 g/mol. The lowest BCUT2D eigenvalue weighted by atomic mass is 9.65. The summed E-state index contributed by atoms with van der Waals surface area (Å²) >= 11 is 0. The Balaban J connectivity index is 1.43. The number of aliphatic hydroxyl groups is 1. The normalized spacial score (nSPS) is 39.2. The van der Waals surface area contributed by atoms with Gasteiger partial charge in [-0.1, -0.05) is 57.1 Å². The van der Waals surface area contributed by atoms with E-state index in [4.69, 9.17) is 0 Å². The van der Waals surface area contributed by atoms with E-state index in [1.807, 2.05) is 0 Å². The molecule has 0 saturated heterocycles. The highest BCUT2D eigenvalue weighted by molar-refractivity contribution is 5.15. The van der Waals surface area contributed by atoms with Gasteiger partial charge in [-0.3, -0.25) is 0 Å². The Morgan fingerprint density at radius 2 is 1.77 bits per heavy atom. The highest BCUT2D eigenvalue weighted by Gasteiger charge is 2.34. The number of unbranched alkanes of at least 4 members (excludes halogenated alkanes) is 2. The molecule has 1 N–H and O–H groups in total. The van der Waals surface area contributed by atoms with Crippen molar-refractivity contribution >= 4 is 0 Å². The molecule has 1 heteroatoms. The minimum absolute atomic E-state index is 0.138. The van der Waals surface area contributed by atoms with E-state index < -0.39 is 0 Å². The van der Waals surface area contributed by atoms with Gasteiger partial charge in [0.1, 0.15) is 0 Å². The van der Waals surface area contributed by atoms with Gasteiger partial charge < -0.3 is 5.11 Å². The number of rotatable bonds is 5. The van der Waals surface area contributed by atoms with Crippen molar-refractivity contribution in [1.82, 2.24) is 0 Å². The molecule has 3 aliphatic carbocycles. The maximum Gasteiger partial charge on any atom is 0.0723 e. The average Bonchev–Trinajstić information content (AvgIpc) is 2.55. The Kier molecular flexibility index (Phi) is 6.02. The summed E-state index contributed by atoms with van der Waals surface area (Å²) in [5.41, 5.74) is 1.60. The van der Waals surface area contributed by atoms with Gasteiger partial charge in [0, 0.05) is 0 Å². The zero-order chi connectivity index (χ0) is 15.4. The third-order valence-corrected chi connectivity index (χ3v) is 6.91. The zero-order valence-corrected chi connectivity index (χ0v) is 14.6. The summed E-state index contributed by atoms with van der Waals surface area (Å²) in [6.07, 6.45) is 20.2. The lowest BCUT2D eigenvalue weighted by molar-refractivity contribution is 0.134. The van der Waals surface area contributed by atoms with Crippen molar-refractivity contribution < 1.29 is 5.11 Å². The van der Waals surface area contributed by atoms with Crippen molar-refractivity contribution in [2.45, 2.75) is 96.5 Å². The molecule has 2 saturated carbocycles. The van der Waals surface area contributed by atoms with Crippen LogP contribution >= 0.6 is 0 Å². The van der Waals surface area contributed by atoms with E-state index in [0.717, 1.165) is 30.1 Å². The largest absolute Gasteiger partial charge is 0.389 e. The Hall–Kier alpha value is -0.300. The first-order valence-electron chi connectivity index (χ1n) is 10.1. The molecule has 22 heavy (non-hydrogen) atoms. The van der Waals surface area contributed by atoms with Crippen molar-refractivity contribution in [2.24, 2.45) is 23.7 Å². The molecule has 0 spiro atoms. The van der Waals surface area contributed by atoms with Crippen molar-refractivity contribution in [3.63, 3.8) is 0 Å². The molecule has 3 unspecified atom stereocenters. The molecule has 0 aliphatic heterocycles. The molecule has 0 aromatic rings. The van der Waals surface area contributed by atoms with Crippen LogP contribution in [0.5, 0.6) is 0 Å². The predicted octanol–water partition coefficient (Wildman–Crippen LogP) is 5.87. The molecular weight excluding hydrogens is 268 g/mol. The summed E-state index contributed by atoms with van der Waals surface area (Å²) in [6.45, 7) is 2.31. The van der Waals surface area contributed by atoms with Gasteiger partial charge in [-0.05, 0) is 68.6 Å². The molecule has 0 aromatic carbocycles. The molecule has 0 bridgehead atoms. The number of hydrogen-bond acceptors (Lipinski definition) is 1. The van der Waals surface area contributed by atoms with E-state index in [0.29, 0.717) is 0 Å². The van der Waals surface area contributed by atoms with Crippen molar-refractivity contribution in [2.75, 3.05) is 0 Å². The van der Waals surface area contributed by atoms with E-state index in [1.54, 1.807) is 5.57 Å². The molecule has 3 atom stereocenters. The van der Waals surface area contributed by atoms with E-state index in [2.05, 4.69) is 13.0 Å². The van der Waals surface area contributed by atoms with Crippen LogP contribution in [0.4, 0.5) is 0 Å². The van der Waals surface area contributed by atoms with Gasteiger partial charge in [-0.15, -0.1) is 0 Å².